The number of hydrogen-bond donors (Lipinski definition) is 0. The maximum absolute atomic E-state index is 12.1. The fourth-order valence-electron chi connectivity index (χ4n) is 1.56. The van der Waals surface area contributed by atoms with Crippen molar-refractivity contribution < 1.29 is 14.3 Å². The SMILES string of the molecule is CCN(C)C(=O)C(/N=C(\C)c1ccccc1)OC(C)=O. The first-order chi connectivity index (χ1) is 9.45. The summed E-state index contributed by atoms with van der Waals surface area (Å²) in [6.45, 7) is 5.41. The maximum Gasteiger partial charge on any atom is 0.305 e. The fourth-order valence-corrected chi connectivity index (χ4v) is 1.56. The highest BCUT2D eigenvalue weighted by Gasteiger charge is 2.23. The first-order valence-electron chi connectivity index (χ1n) is 6.47. The average molecular weight is 276 g/mol. The van der Waals surface area contributed by atoms with Gasteiger partial charge in [0.25, 0.3) is 12.1 Å². The van der Waals surface area contributed by atoms with Gasteiger partial charge in [-0.05, 0) is 19.4 Å². The second-order valence-corrected chi connectivity index (χ2v) is 4.39. The Hall–Kier alpha value is -2.17. The molecule has 0 saturated heterocycles. The Morgan fingerprint density at radius 2 is 1.85 bits per heavy atom. The van der Waals surface area contributed by atoms with Crippen LogP contribution in [0.1, 0.15) is 26.3 Å². The van der Waals surface area contributed by atoms with Crippen LogP contribution in [0.15, 0.2) is 35.3 Å². The predicted octanol–water partition coefficient (Wildman–Crippen LogP) is 1.86. The van der Waals surface area contributed by atoms with Crippen LogP contribution >= 0.6 is 0 Å². The molecule has 5 nitrogen and oxygen atoms in total. The molecule has 0 aliphatic rings. The van der Waals surface area contributed by atoms with E-state index in [1.165, 1.54) is 11.8 Å². The second kappa shape index (κ2) is 7.43. The standard InChI is InChI=1S/C15H20N2O3/c1-5-17(4)15(19)14(20-12(3)18)16-11(2)13-9-7-6-8-10-13/h6-10,14H,5H2,1-4H3/b16-11+. The molecule has 1 atom stereocenters. The van der Waals surface area contributed by atoms with Gasteiger partial charge in [-0.25, -0.2) is 4.99 Å². The summed E-state index contributed by atoms with van der Waals surface area (Å²) >= 11 is 0. The molecule has 1 amide bonds. The van der Waals surface area contributed by atoms with Gasteiger partial charge in [-0.1, -0.05) is 30.3 Å². The molecule has 0 N–H and O–H groups in total. The van der Waals surface area contributed by atoms with Gasteiger partial charge in [0.05, 0.1) is 0 Å². The van der Waals surface area contributed by atoms with Gasteiger partial charge in [-0.15, -0.1) is 0 Å². The third-order valence-corrected chi connectivity index (χ3v) is 2.84. The molecular weight excluding hydrogens is 256 g/mol. The third kappa shape index (κ3) is 4.50. The zero-order chi connectivity index (χ0) is 15.1. The summed E-state index contributed by atoms with van der Waals surface area (Å²) in [5.41, 5.74) is 1.53. The van der Waals surface area contributed by atoms with Crippen LogP contribution in [0, 0.1) is 0 Å². The van der Waals surface area contributed by atoms with Gasteiger partial charge >= 0.3 is 5.97 Å². The van der Waals surface area contributed by atoms with Crippen molar-refractivity contribution in [3.63, 3.8) is 0 Å². The molecule has 20 heavy (non-hydrogen) atoms. The number of rotatable bonds is 5. The van der Waals surface area contributed by atoms with Gasteiger partial charge in [-0.3, -0.25) is 9.59 Å². The molecular formula is C15H20N2O3. The fraction of sp³-hybridized carbons (Fsp3) is 0.400. The normalized spacial score (nSPS) is 12.7. The number of aliphatic imine (C=N–C) groups is 1. The molecule has 108 valence electrons. The van der Waals surface area contributed by atoms with Crippen LogP contribution < -0.4 is 0 Å². The molecule has 1 unspecified atom stereocenters. The van der Waals surface area contributed by atoms with Crippen LogP contribution in [0.25, 0.3) is 0 Å². The largest absolute Gasteiger partial charge is 0.430 e. The minimum absolute atomic E-state index is 0.335. The molecule has 0 aliphatic heterocycles. The highest BCUT2D eigenvalue weighted by molar-refractivity contribution is 6.00. The lowest BCUT2D eigenvalue weighted by Gasteiger charge is -2.20. The summed E-state index contributed by atoms with van der Waals surface area (Å²) in [6, 6.07) is 9.44. The van der Waals surface area contributed by atoms with Crippen LogP contribution in [0.2, 0.25) is 0 Å². The van der Waals surface area contributed by atoms with Gasteiger partial charge in [0.15, 0.2) is 0 Å². The Balaban J connectivity index is 3.00. The van der Waals surface area contributed by atoms with E-state index in [1.54, 1.807) is 14.0 Å². The van der Waals surface area contributed by atoms with Crippen LogP contribution in [0.3, 0.4) is 0 Å². The van der Waals surface area contributed by atoms with Gasteiger partial charge in [-0.2, -0.15) is 0 Å². The Labute approximate surface area is 119 Å². The van der Waals surface area contributed by atoms with Crippen molar-refractivity contribution in [2.75, 3.05) is 13.6 Å². The van der Waals surface area contributed by atoms with Crippen LogP contribution in [0.5, 0.6) is 0 Å². The minimum Gasteiger partial charge on any atom is -0.430 e. The van der Waals surface area contributed by atoms with E-state index in [2.05, 4.69) is 4.99 Å². The highest BCUT2D eigenvalue weighted by Crippen LogP contribution is 2.07. The molecule has 0 bridgehead atoms. The Bertz CT molecular complexity index is 497. The molecule has 1 aromatic carbocycles. The predicted molar refractivity (Wildman–Crippen MR) is 77.5 cm³/mol. The summed E-state index contributed by atoms with van der Waals surface area (Å²) < 4.78 is 5.01. The molecule has 1 rings (SSSR count). The smallest absolute Gasteiger partial charge is 0.305 e. The lowest BCUT2D eigenvalue weighted by Crippen LogP contribution is -2.38. The van der Waals surface area contributed by atoms with Gasteiger partial charge in [0.1, 0.15) is 0 Å². The molecule has 1 aromatic rings. The molecule has 0 saturated carbocycles. The average Bonchev–Trinajstić information content (AvgIpc) is 2.45. The summed E-state index contributed by atoms with van der Waals surface area (Å²) in [6.07, 6.45) is -1.13. The Morgan fingerprint density at radius 1 is 1.25 bits per heavy atom. The minimum atomic E-state index is -1.13. The van der Waals surface area contributed by atoms with E-state index < -0.39 is 12.2 Å². The van der Waals surface area contributed by atoms with E-state index in [9.17, 15) is 9.59 Å². The number of amides is 1. The molecule has 0 radical (unpaired) electrons. The zero-order valence-corrected chi connectivity index (χ0v) is 12.3. The first-order valence-corrected chi connectivity index (χ1v) is 6.47. The monoisotopic (exact) mass is 276 g/mol. The number of hydrogen-bond acceptors (Lipinski definition) is 4. The number of likely N-dealkylation sites (N-methyl/N-ethyl adjacent to an activating group) is 1. The number of carbonyl (C=O) groups is 2. The van der Waals surface area contributed by atoms with Crippen molar-refractivity contribution in [3.05, 3.63) is 35.9 Å². The molecule has 5 heteroatoms. The Kier molecular flexibility index (Phi) is 5.90. The quantitative estimate of drug-likeness (QED) is 0.609. The first kappa shape index (κ1) is 15.9. The van der Waals surface area contributed by atoms with Crippen molar-refractivity contribution in [2.24, 2.45) is 4.99 Å². The van der Waals surface area contributed by atoms with Crippen LogP contribution in [-0.4, -0.2) is 42.3 Å². The lowest BCUT2D eigenvalue weighted by atomic mass is 10.1. The second-order valence-electron chi connectivity index (χ2n) is 4.39. The van der Waals surface area contributed by atoms with Crippen LogP contribution in [0.4, 0.5) is 0 Å². The van der Waals surface area contributed by atoms with Gasteiger partial charge in [0, 0.05) is 26.2 Å². The molecule has 0 fully saturated rings. The summed E-state index contributed by atoms with van der Waals surface area (Å²) in [4.78, 5) is 28.9. The third-order valence-electron chi connectivity index (χ3n) is 2.84. The van der Waals surface area contributed by atoms with E-state index >= 15 is 0 Å². The Morgan fingerprint density at radius 3 is 2.35 bits per heavy atom. The zero-order valence-electron chi connectivity index (χ0n) is 12.3. The number of carbonyl (C=O) groups excluding carboxylic acids is 2. The van der Waals surface area contributed by atoms with Crippen molar-refractivity contribution in [1.29, 1.82) is 0 Å². The molecule has 0 spiro atoms. The number of ether oxygens (including phenoxy) is 1. The van der Waals surface area contributed by atoms with E-state index in [4.69, 9.17) is 4.74 Å². The lowest BCUT2D eigenvalue weighted by molar-refractivity contribution is -0.157. The van der Waals surface area contributed by atoms with Gasteiger partial charge < -0.3 is 9.64 Å². The van der Waals surface area contributed by atoms with Crippen molar-refractivity contribution in [2.45, 2.75) is 27.0 Å². The summed E-state index contributed by atoms with van der Waals surface area (Å²) in [5.74, 6) is -0.865. The molecule has 0 heterocycles. The maximum atomic E-state index is 12.1. The van der Waals surface area contributed by atoms with Crippen LogP contribution in [-0.2, 0) is 14.3 Å². The van der Waals surface area contributed by atoms with E-state index in [0.717, 1.165) is 5.56 Å². The van der Waals surface area contributed by atoms with Crippen molar-refractivity contribution in [1.82, 2.24) is 4.90 Å². The van der Waals surface area contributed by atoms with Crippen molar-refractivity contribution >= 4 is 17.6 Å². The number of benzene rings is 1. The number of esters is 1. The van der Waals surface area contributed by atoms with Gasteiger partial charge in [0.2, 0.25) is 0 Å². The molecule has 0 aromatic heterocycles. The summed E-state index contributed by atoms with van der Waals surface area (Å²) in [5, 5.41) is 0. The van der Waals surface area contributed by atoms with Crippen molar-refractivity contribution in [3.8, 4) is 0 Å². The number of nitrogens with zero attached hydrogens (tertiary/aromatic N) is 2. The topological polar surface area (TPSA) is 59.0 Å². The summed E-state index contributed by atoms with van der Waals surface area (Å²) in [7, 11) is 1.65. The van der Waals surface area contributed by atoms with E-state index in [0.29, 0.717) is 12.3 Å². The molecule has 0 aliphatic carbocycles. The van der Waals surface area contributed by atoms with E-state index in [1.807, 2.05) is 37.3 Å². The highest BCUT2D eigenvalue weighted by atomic mass is 16.6. The van der Waals surface area contributed by atoms with E-state index in [-0.39, 0.29) is 5.91 Å².